The lowest BCUT2D eigenvalue weighted by Gasteiger charge is -2.13. The monoisotopic (exact) mass is 436 g/mol. The van der Waals surface area contributed by atoms with Crippen LogP contribution in [0.5, 0.6) is 0 Å². The van der Waals surface area contributed by atoms with Crippen LogP contribution in [0.3, 0.4) is 0 Å². The van der Waals surface area contributed by atoms with Gasteiger partial charge in [-0.25, -0.2) is 21.6 Å². The van der Waals surface area contributed by atoms with Crippen LogP contribution in [-0.2, 0) is 19.9 Å². The molecule has 1 aromatic carbocycles. The number of carbonyl (C=O) groups excluding carboxylic acids is 1. The van der Waals surface area contributed by atoms with Gasteiger partial charge in [-0.05, 0) is 40.5 Å². The van der Waals surface area contributed by atoms with E-state index in [1.807, 2.05) is 0 Å². The minimum absolute atomic E-state index is 0.0407. The van der Waals surface area contributed by atoms with Crippen molar-refractivity contribution in [1.29, 1.82) is 0 Å². The third kappa shape index (κ3) is 4.65. The van der Waals surface area contributed by atoms with E-state index in [1.165, 1.54) is 24.3 Å². The van der Waals surface area contributed by atoms with E-state index in [0.717, 1.165) is 0 Å². The summed E-state index contributed by atoms with van der Waals surface area (Å²) >= 11 is 3.21. The summed E-state index contributed by atoms with van der Waals surface area (Å²) in [6, 6.07) is 3.61. The van der Waals surface area contributed by atoms with Gasteiger partial charge in [-0.3, -0.25) is 4.79 Å². The molecule has 0 spiro atoms. The predicted molar refractivity (Wildman–Crippen MR) is 94.1 cm³/mol. The van der Waals surface area contributed by atoms with E-state index < -0.39 is 31.8 Å². The maximum Gasteiger partial charge on any atom is 0.252 e. The van der Waals surface area contributed by atoms with Crippen molar-refractivity contribution < 1.29 is 21.6 Å². The molecular formula is C14H17BrN2O5S2. The molecule has 1 amide bonds. The second-order valence-electron chi connectivity index (χ2n) is 5.36. The Bertz CT molecular complexity index is 865. The molecule has 1 saturated heterocycles. The zero-order valence-corrected chi connectivity index (χ0v) is 15.9. The number of hydrogen-bond donors (Lipinski definition) is 2. The van der Waals surface area contributed by atoms with E-state index in [0.29, 0.717) is 10.9 Å². The summed E-state index contributed by atoms with van der Waals surface area (Å²) in [6.45, 7) is 3.51. The molecule has 1 heterocycles. The average molecular weight is 437 g/mol. The zero-order chi connectivity index (χ0) is 18.0. The number of benzene rings is 1. The molecule has 0 saturated carbocycles. The molecule has 1 aliphatic rings. The summed E-state index contributed by atoms with van der Waals surface area (Å²) < 4.78 is 49.9. The van der Waals surface area contributed by atoms with Crippen molar-refractivity contribution in [3.63, 3.8) is 0 Å². The second-order valence-corrected chi connectivity index (χ2v) is 10.2. The highest BCUT2D eigenvalue weighted by Gasteiger charge is 2.29. The Morgan fingerprint density at radius 1 is 1.42 bits per heavy atom. The minimum atomic E-state index is -3.76. The number of halogens is 1. The van der Waals surface area contributed by atoms with Crippen molar-refractivity contribution >= 4 is 41.7 Å². The first kappa shape index (κ1) is 19.1. The van der Waals surface area contributed by atoms with Gasteiger partial charge in [-0.1, -0.05) is 6.08 Å². The van der Waals surface area contributed by atoms with Gasteiger partial charge in [-0.15, -0.1) is 6.58 Å². The van der Waals surface area contributed by atoms with Crippen LogP contribution in [0.15, 0.2) is 40.2 Å². The first-order chi connectivity index (χ1) is 11.1. The zero-order valence-electron chi connectivity index (χ0n) is 12.7. The highest BCUT2D eigenvalue weighted by atomic mass is 79.9. The van der Waals surface area contributed by atoms with Crippen LogP contribution in [0.2, 0.25) is 0 Å². The van der Waals surface area contributed by atoms with E-state index >= 15 is 0 Å². The van der Waals surface area contributed by atoms with Gasteiger partial charge in [0.25, 0.3) is 5.91 Å². The Labute approximate surface area is 149 Å². The Morgan fingerprint density at radius 3 is 2.71 bits per heavy atom. The quantitative estimate of drug-likeness (QED) is 0.641. The first-order valence-electron chi connectivity index (χ1n) is 7.06. The molecule has 0 bridgehead atoms. The van der Waals surface area contributed by atoms with Crippen molar-refractivity contribution in [2.75, 3.05) is 18.1 Å². The number of hydrogen-bond acceptors (Lipinski definition) is 5. The van der Waals surface area contributed by atoms with E-state index in [9.17, 15) is 21.6 Å². The van der Waals surface area contributed by atoms with E-state index in [4.69, 9.17) is 0 Å². The van der Waals surface area contributed by atoms with E-state index in [1.54, 1.807) is 0 Å². The molecule has 1 unspecified atom stereocenters. The van der Waals surface area contributed by atoms with Crippen LogP contribution in [0.25, 0.3) is 0 Å². The third-order valence-corrected chi connectivity index (χ3v) is 7.36. The summed E-state index contributed by atoms with van der Waals surface area (Å²) in [5.74, 6) is -0.585. The first-order valence-corrected chi connectivity index (χ1v) is 11.2. The van der Waals surface area contributed by atoms with Crippen molar-refractivity contribution in [3.05, 3.63) is 40.9 Å². The molecule has 0 aromatic heterocycles. The fraction of sp³-hybridized carbons (Fsp3) is 0.357. The highest BCUT2D eigenvalue weighted by molar-refractivity contribution is 9.10. The summed E-state index contributed by atoms with van der Waals surface area (Å²) in [7, 11) is -6.88. The normalized spacial score (nSPS) is 19.8. The van der Waals surface area contributed by atoms with Crippen LogP contribution < -0.4 is 10.0 Å². The van der Waals surface area contributed by atoms with Gasteiger partial charge < -0.3 is 5.32 Å². The fourth-order valence-electron chi connectivity index (χ4n) is 2.27. The van der Waals surface area contributed by atoms with Crippen LogP contribution >= 0.6 is 15.9 Å². The van der Waals surface area contributed by atoms with E-state index in [-0.39, 0.29) is 28.5 Å². The van der Waals surface area contributed by atoms with Gasteiger partial charge in [0.1, 0.15) is 0 Å². The van der Waals surface area contributed by atoms with Crippen LogP contribution in [0.1, 0.15) is 16.8 Å². The van der Waals surface area contributed by atoms with Gasteiger partial charge in [0.2, 0.25) is 10.0 Å². The SMILES string of the molecule is C=CCNS(=O)(=O)c1ccc(Br)c(C(=O)NC2CCS(=O)(=O)C2)c1. The van der Waals surface area contributed by atoms with Crippen LogP contribution in [0.4, 0.5) is 0 Å². The maximum atomic E-state index is 12.4. The lowest BCUT2D eigenvalue weighted by atomic mass is 10.2. The van der Waals surface area contributed by atoms with Gasteiger partial charge >= 0.3 is 0 Å². The molecule has 1 aromatic rings. The second kappa shape index (κ2) is 7.34. The highest BCUT2D eigenvalue weighted by Crippen LogP contribution is 2.22. The van der Waals surface area contributed by atoms with Crippen molar-refractivity contribution in [2.24, 2.45) is 0 Å². The van der Waals surface area contributed by atoms with Crippen LogP contribution in [0, 0.1) is 0 Å². The number of nitrogens with one attached hydrogen (secondary N) is 2. The molecule has 7 nitrogen and oxygen atoms in total. The van der Waals surface area contributed by atoms with Gasteiger partial charge in [-0.2, -0.15) is 0 Å². The van der Waals surface area contributed by atoms with Crippen LogP contribution in [-0.4, -0.2) is 46.8 Å². The lowest BCUT2D eigenvalue weighted by Crippen LogP contribution is -2.36. The standard InChI is InChI=1S/C14H17BrN2O5S2/c1-2-6-16-24(21,22)11-3-4-13(15)12(8-11)14(18)17-10-5-7-23(19,20)9-10/h2-4,8,10,16H,1,5-7,9H2,(H,17,18). The molecule has 1 aliphatic heterocycles. The van der Waals surface area contributed by atoms with E-state index in [2.05, 4.69) is 32.5 Å². The number of sulfonamides is 1. The van der Waals surface area contributed by atoms with Crippen molar-refractivity contribution in [3.8, 4) is 0 Å². The fourth-order valence-corrected chi connectivity index (χ4v) is 5.39. The molecule has 2 rings (SSSR count). The topological polar surface area (TPSA) is 109 Å². The molecule has 0 aliphatic carbocycles. The molecule has 1 atom stereocenters. The third-order valence-electron chi connectivity index (χ3n) is 3.48. The Morgan fingerprint density at radius 2 is 2.12 bits per heavy atom. The Kier molecular flexibility index (Phi) is 5.84. The van der Waals surface area contributed by atoms with Gasteiger partial charge in [0.05, 0.1) is 22.0 Å². The molecule has 132 valence electrons. The summed E-state index contributed by atoms with van der Waals surface area (Å²) in [5, 5.41) is 2.63. The van der Waals surface area contributed by atoms with Crippen molar-refractivity contribution in [1.82, 2.24) is 10.0 Å². The summed E-state index contributed by atoms with van der Waals surface area (Å²) in [6.07, 6.45) is 1.76. The molecule has 10 heteroatoms. The molecule has 2 N–H and O–H groups in total. The molecule has 1 fully saturated rings. The number of amides is 1. The Balaban J connectivity index is 2.22. The minimum Gasteiger partial charge on any atom is -0.348 e. The van der Waals surface area contributed by atoms with Crippen molar-refractivity contribution in [2.45, 2.75) is 17.4 Å². The lowest BCUT2D eigenvalue weighted by molar-refractivity contribution is 0.0940. The average Bonchev–Trinajstić information content (AvgIpc) is 2.84. The Hall–Kier alpha value is -1.23. The number of sulfone groups is 1. The number of rotatable bonds is 6. The maximum absolute atomic E-state index is 12.4. The van der Waals surface area contributed by atoms with Gasteiger partial charge in [0, 0.05) is 17.1 Å². The molecular weight excluding hydrogens is 420 g/mol. The summed E-state index contributed by atoms with van der Waals surface area (Å²) in [4.78, 5) is 12.3. The number of carbonyl (C=O) groups is 1. The largest absolute Gasteiger partial charge is 0.348 e. The molecule has 24 heavy (non-hydrogen) atoms. The summed E-state index contributed by atoms with van der Waals surface area (Å²) in [5.41, 5.74) is 0.126. The predicted octanol–water partition coefficient (Wildman–Crippen LogP) is 0.830. The van der Waals surface area contributed by atoms with Gasteiger partial charge in [0.15, 0.2) is 9.84 Å². The smallest absolute Gasteiger partial charge is 0.252 e. The molecule has 0 radical (unpaired) electrons.